The van der Waals surface area contributed by atoms with Crippen LogP contribution in [0.1, 0.15) is 50.3 Å². The van der Waals surface area contributed by atoms with Gasteiger partial charge < -0.3 is 19.5 Å². The molecule has 1 aliphatic carbocycles. The fourth-order valence-electron chi connectivity index (χ4n) is 4.94. The first-order chi connectivity index (χ1) is 16.4. The third-order valence-electron chi connectivity index (χ3n) is 6.86. The van der Waals surface area contributed by atoms with Gasteiger partial charge in [0, 0.05) is 46.9 Å². The third-order valence-corrected chi connectivity index (χ3v) is 6.86. The zero-order chi connectivity index (χ0) is 23.8. The van der Waals surface area contributed by atoms with Crippen LogP contribution in [-0.4, -0.2) is 31.8 Å². The predicted octanol–water partition coefficient (Wildman–Crippen LogP) is 5.59. The molecule has 2 N–H and O–H groups in total. The standard InChI is InChI=1S/C27H30N4O3/c1-16(2)31-11-10-19-13-20(6-9-24(19)31)26-29-25(30-34-26)23-8-4-18(12-17(23)3)15-28-22-7-5-21(14-22)27(32)33/h4,6,8-13,16,21-22,28H,5,7,14-15H2,1-3H3,(H,32,33)/t21?,22-/m1/s1. The van der Waals surface area contributed by atoms with Crippen molar-refractivity contribution in [3.05, 3.63) is 59.8 Å². The minimum absolute atomic E-state index is 0.218. The van der Waals surface area contributed by atoms with Crippen LogP contribution in [0.5, 0.6) is 0 Å². The molecule has 0 amide bonds. The Hall–Kier alpha value is -3.45. The number of hydrogen-bond acceptors (Lipinski definition) is 5. The van der Waals surface area contributed by atoms with Crippen LogP contribution in [0.2, 0.25) is 0 Å². The van der Waals surface area contributed by atoms with Crippen molar-refractivity contribution in [2.24, 2.45) is 5.92 Å². The van der Waals surface area contributed by atoms with Crippen molar-refractivity contribution >= 4 is 16.9 Å². The second kappa shape index (κ2) is 9.06. The van der Waals surface area contributed by atoms with Gasteiger partial charge in [-0.3, -0.25) is 4.79 Å². The van der Waals surface area contributed by atoms with Gasteiger partial charge in [0.25, 0.3) is 5.89 Å². The molecule has 0 radical (unpaired) electrons. The maximum atomic E-state index is 11.2. The van der Waals surface area contributed by atoms with Crippen LogP contribution in [0.15, 0.2) is 53.2 Å². The van der Waals surface area contributed by atoms with Gasteiger partial charge in [0.2, 0.25) is 5.82 Å². The van der Waals surface area contributed by atoms with E-state index in [4.69, 9.17) is 4.52 Å². The molecule has 1 unspecified atom stereocenters. The summed E-state index contributed by atoms with van der Waals surface area (Å²) in [7, 11) is 0. The summed E-state index contributed by atoms with van der Waals surface area (Å²) < 4.78 is 7.86. The van der Waals surface area contributed by atoms with Crippen molar-refractivity contribution in [1.29, 1.82) is 0 Å². The van der Waals surface area contributed by atoms with Gasteiger partial charge in [-0.2, -0.15) is 4.98 Å². The quantitative estimate of drug-likeness (QED) is 0.375. The van der Waals surface area contributed by atoms with Gasteiger partial charge in [-0.15, -0.1) is 0 Å². The number of carbonyl (C=O) groups is 1. The van der Waals surface area contributed by atoms with E-state index < -0.39 is 5.97 Å². The molecule has 0 spiro atoms. The largest absolute Gasteiger partial charge is 0.481 e. The number of benzene rings is 2. The molecule has 2 atom stereocenters. The average Bonchev–Trinajstić information content (AvgIpc) is 3.56. The first-order valence-corrected chi connectivity index (χ1v) is 11.9. The van der Waals surface area contributed by atoms with Gasteiger partial charge >= 0.3 is 5.97 Å². The number of hydrogen-bond donors (Lipinski definition) is 2. The lowest BCUT2D eigenvalue weighted by Crippen LogP contribution is -2.26. The Morgan fingerprint density at radius 2 is 2.06 bits per heavy atom. The summed E-state index contributed by atoms with van der Waals surface area (Å²) in [4.78, 5) is 15.8. The van der Waals surface area contributed by atoms with Crippen LogP contribution in [-0.2, 0) is 11.3 Å². The van der Waals surface area contributed by atoms with E-state index in [1.54, 1.807) is 0 Å². The monoisotopic (exact) mass is 458 g/mol. The highest BCUT2D eigenvalue weighted by Gasteiger charge is 2.29. The average molecular weight is 459 g/mol. The van der Waals surface area contributed by atoms with Crippen molar-refractivity contribution in [3.8, 4) is 22.8 Å². The van der Waals surface area contributed by atoms with Crippen LogP contribution in [0, 0.1) is 12.8 Å². The Labute approximate surface area is 198 Å². The molecule has 5 rings (SSSR count). The maximum absolute atomic E-state index is 11.2. The van der Waals surface area contributed by atoms with Crippen molar-refractivity contribution in [3.63, 3.8) is 0 Å². The SMILES string of the molecule is Cc1cc(CN[C@@H]2CCC(C(=O)O)C2)ccc1-c1noc(-c2ccc3c(ccn3C(C)C)c2)n1. The summed E-state index contributed by atoms with van der Waals surface area (Å²) in [6.45, 7) is 7.10. The van der Waals surface area contributed by atoms with Crippen LogP contribution in [0.3, 0.4) is 0 Å². The molecule has 0 aliphatic heterocycles. The lowest BCUT2D eigenvalue weighted by molar-refractivity contribution is -0.141. The second-order valence-electron chi connectivity index (χ2n) is 9.59. The molecule has 176 valence electrons. The minimum Gasteiger partial charge on any atom is -0.481 e. The Kier molecular flexibility index (Phi) is 5.96. The van der Waals surface area contributed by atoms with Crippen molar-refractivity contribution in [2.45, 2.75) is 58.7 Å². The summed E-state index contributed by atoms with van der Waals surface area (Å²) in [5.74, 6) is 0.184. The summed E-state index contributed by atoms with van der Waals surface area (Å²) >= 11 is 0. The van der Waals surface area contributed by atoms with Gasteiger partial charge in [0.05, 0.1) is 5.92 Å². The smallest absolute Gasteiger partial charge is 0.306 e. The molecule has 2 heterocycles. The molecule has 4 aromatic rings. The molecule has 7 heteroatoms. The van der Waals surface area contributed by atoms with Gasteiger partial charge in [-0.05, 0) is 75.4 Å². The number of aromatic nitrogens is 3. The van der Waals surface area contributed by atoms with E-state index in [9.17, 15) is 9.90 Å². The molecule has 1 aliphatic rings. The molecule has 1 saturated carbocycles. The Bertz CT molecular complexity index is 1340. The number of nitrogens with zero attached hydrogens (tertiary/aromatic N) is 3. The van der Waals surface area contributed by atoms with E-state index in [2.05, 4.69) is 70.4 Å². The van der Waals surface area contributed by atoms with Gasteiger partial charge in [-0.1, -0.05) is 23.4 Å². The third kappa shape index (κ3) is 4.35. The van der Waals surface area contributed by atoms with Crippen molar-refractivity contribution < 1.29 is 14.4 Å². The van der Waals surface area contributed by atoms with Crippen LogP contribution in [0.4, 0.5) is 0 Å². The highest BCUT2D eigenvalue weighted by atomic mass is 16.5. The molecule has 7 nitrogen and oxygen atoms in total. The number of rotatable bonds is 7. The lowest BCUT2D eigenvalue weighted by Gasteiger charge is -2.13. The van der Waals surface area contributed by atoms with E-state index >= 15 is 0 Å². The number of fused-ring (bicyclic) bond motifs is 1. The number of aryl methyl sites for hydroxylation is 1. The van der Waals surface area contributed by atoms with Gasteiger partial charge in [0.15, 0.2) is 0 Å². The predicted molar refractivity (Wildman–Crippen MR) is 131 cm³/mol. The van der Waals surface area contributed by atoms with Crippen LogP contribution in [0.25, 0.3) is 33.7 Å². The summed E-state index contributed by atoms with van der Waals surface area (Å²) in [6.07, 6.45) is 4.47. The molecule has 1 fully saturated rings. The van der Waals surface area contributed by atoms with Crippen molar-refractivity contribution in [2.75, 3.05) is 0 Å². The van der Waals surface area contributed by atoms with E-state index in [0.29, 0.717) is 30.7 Å². The number of carboxylic acids is 1. The summed E-state index contributed by atoms with van der Waals surface area (Å²) in [5.41, 5.74) is 5.27. The fraction of sp³-hybridized carbons (Fsp3) is 0.370. The van der Waals surface area contributed by atoms with Gasteiger partial charge in [-0.25, -0.2) is 0 Å². The first kappa shape index (κ1) is 22.3. The molecular formula is C27H30N4O3. The molecule has 0 saturated heterocycles. The number of aliphatic carboxylic acids is 1. The summed E-state index contributed by atoms with van der Waals surface area (Å²) in [5, 5.41) is 18.1. The Morgan fingerprint density at radius 1 is 1.21 bits per heavy atom. The number of carboxylic acid groups (broad SMARTS) is 1. The van der Waals surface area contributed by atoms with Gasteiger partial charge in [0.1, 0.15) is 0 Å². The zero-order valence-corrected chi connectivity index (χ0v) is 19.8. The molecular weight excluding hydrogens is 428 g/mol. The maximum Gasteiger partial charge on any atom is 0.306 e. The lowest BCUT2D eigenvalue weighted by atomic mass is 10.0. The Morgan fingerprint density at radius 3 is 2.79 bits per heavy atom. The second-order valence-corrected chi connectivity index (χ2v) is 9.59. The molecule has 34 heavy (non-hydrogen) atoms. The van der Waals surface area contributed by atoms with E-state index in [1.807, 2.05) is 19.1 Å². The topological polar surface area (TPSA) is 93.2 Å². The fourth-order valence-corrected chi connectivity index (χ4v) is 4.94. The highest BCUT2D eigenvalue weighted by Crippen LogP contribution is 2.29. The summed E-state index contributed by atoms with van der Waals surface area (Å²) in [6, 6.07) is 15.2. The van der Waals surface area contributed by atoms with E-state index in [-0.39, 0.29) is 12.0 Å². The molecule has 2 aromatic heterocycles. The van der Waals surface area contributed by atoms with Crippen LogP contribution >= 0.6 is 0 Å². The van der Waals surface area contributed by atoms with Crippen LogP contribution < -0.4 is 5.32 Å². The first-order valence-electron chi connectivity index (χ1n) is 11.9. The number of nitrogens with one attached hydrogen (secondary N) is 1. The van der Waals surface area contributed by atoms with E-state index in [0.717, 1.165) is 40.5 Å². The highest BCUT2D eigenvalue weighted by molar-refractivity contribution is 5.84. The Balaban J connectivity index is 1.29. The normalized spacial score (nSPS) is 18.2. The molecule has 0 bridgehead atoms. The van der Waals surface area contributed by atoms with E-state index in [1.165, 1.54) is 5.52 Å². The molecule has 2 aromatic carbocycles. The minimum atomic E-state index is -0.683. The van der Waals surface area contributed by atoms with Crippen molar-refractivity contribution in [1.82, 2.24) is 20.0 Å². The zero-order valence-electron chi connectivity index (χ0n) is 19.8.